The number of nitrogens with one attached hydrogen (secondary N) is 4. The van der Waals surface area contributed by atoms with E-state index in [0.717, 1.165) is 6.42 Å². The summed E-state index contributed by atoms with van der Waals surface area (Å²) in [6.45, 7) is 27.0. The quantitative estimate of drug-likeness (QED) is 0.153. The fourth-order valence-electron chi connectivity index (χ4n) is 4.72. The monoisotopic (exact) mass is 646 g/mol. The molecule has 4 amide bonds. The molecule has 4 N–H and O–H groups in total. The number of amides is 4. The lowest BCUT2D eigenvalue weighted by Gasteiger charge is -2.42. The summed E-state index contributed by atoms with van der Waals surface area (Å²) >= 11 is 0. The predicted octanol–water partition coefficient (Wildman–Crippen LogP) is 6.05. The van der Waals surface area contributed by atoms with Crippen molar-refractivity contribution >= 4 is 31.9 Å². The normalized spacial score (nSPS) is 14.9. The zero-order chi connectivity index (χ0) is 34.7. The number of carbonyl (C=O) groups is 4. The molecular weight excluding hydrogens is 584 g/mol. The molecule has 45 heavy (non-hydrogen) atoms. The first-order valence-electron chi connectivity index (χ1n) is 16.7. The zero-order valence-corrected chi connectivity index (χ0v) is 31.2. The summed E-state index contributed by atoms with van der Waals surface area (Å²) < 4.78 is 6.98. The average Bonchev–Trinajstić information content (AvgIpc) is 2.92. The van der Waals surface area contributed by atoms with E-state index in [1.165, 1.54) is 0 Å². The van der Waals surface area contributed by atoms with Crippen molar-refractivity contribution in [3.8, 4) is 0 Å². The summed E-state index contributed by atoms with van der Waals surface area (Å²) in [7, 11) is -2.34. The van der Waals surface area contributed by atoms with Crippen LogP contribution >= 0.6 is 0 Å². The minimum atomic E-state index is -2.34. The Morgan fingerprint density at radius 1 is 0.822 bits per heavy atom. The molecule has 9 nitrogen and oxygen atoms in total. The molecule has 0 heterocycles. The standard InChI is InChI=1S/C35H62N4O5Si/c1-14-18-36-32(41)26-16-15-17-27(21-26)33(42)38-28(19-22(2)3)29(44-45(12,13)35(9,10)11)20-25(8)31(40)39-30(23(4)5)34(43)37-24(6)7/h15-17,21-25,28-30H,14,18-20H2,1-13H3,(H,36,41)(H,37,43)(H,38,42)(H,39,40)/t25-,28+,29+,30+/m1/s1. The van der Waals surface area contributed by atoms with Gasteiger partial charge in [0, 0.05) is 29.6 Å². The Labute approximate surface area is 273 Å². The van der Waals surface area contributed by atoms with Crippen LogP contribution in [0.4, 0.5) is 0 Å². The van der Waals surface area contributed by atoms with Crippen LogP contribution < -0.4 is 21.3 Å². The van der Waals surface area contributed by atoms with Gasteiger partial charge in [0.2, 0.25) is 11.8 Å². The molecule has 256 valence electrons. The maximum absolute atomic E-state index is 13.7. The van der Waals surface area contributed by atoms with Gasteiger partial charge in [-0.1, -0.05) is 68.4 Å². The smallest absolute Gasteiger partial charge is 0.251 e. The van der Waals surface area contributed by atoms with Gasteiger partial charge in [0.25, 0.3) is 11.8 Å². The summed E-state index contributed by atoms with van der Waals surface area (Å²) in [5.74, 6) is -1.27. The summed E-state index contributed by atoms with van der Waals surface area (Å²) in [5, 5.41) is 11.9. The van der Waals surface area contributed by atoms with Gasteiger partial charge in [-0.15, -0.1) is 0 Å². The minimum absolute atomic E-state index is 0.0396. The Hall–Kier alpha value is -2.72. The van der Waals surface area contributed by atoms with Gasteiger partial charge in [0.05, 0.1) is 12.1 Å². The molecule has 0 saturated heterocycles. The third-order valence-corrected chi connectivity index (χ3v) is 12.9. The highest BCUT2D eigenvalue weighted by molar-refractivity contribution is 6.74. The summed E-state index contributed by atoms with van der Waals surface area (Å²) in [6, 6.07) is 5.64. The van der Waals surface area contributed by atoms with Gasteiger partial charge >= 0.3 is 0 Å². The highest BCUT2D eigenvalue weighted by atomic mass is 28.4. The second-order valence-electron chi connectivity index (χ2n) is 15.0. The lowest BCUT2D eigenvalue weighted by molar-refractivity contribution is -0.132. The van der Waals surface area contributed by atoms with Crippen LogP contribution in [0.15, 0.2) is 24.3 Å². The number of hydrogen-bond acceptors (Lipinski definition) is 5. The molecule has 0 spiro atoms. The van der Waals surface area contributed by atoms with Crippen LogP contribution in [0, 0.1) is 17.8 Å². The number of hydrogen-bond donors (Lipinski definition) is 4. The Morgan fingerprint density at radius 2 is 1.40 bits per heavy atom. The molecule has 0 unspecified atom stereocenters. The molecule has 4 atom stereocenters. The lowest BCUT2D eigenvalue weighted by atomic mass is 9.91. The molecule has 0 radical (unpaired) electrons. The van der Waals surface area contributed by atoms with Crippen molar-refractivity contribution in [3.63, 3.8) is 0 Å². The Kier molecular flexibility index (Phi) is 16.0. The topological polar surface area (TPSA) is 126 Å². The van der Waals surface area contributed by atoms with Crippen molar-refractivity contribution in [2.75, 3.05) is 6.54 Å². The second kappa shape index (κ2) is 17.8. The van der Waals surface area contributed by atoms with Crippen LogP contribution in [-0.4, -0.2) is 62.7 Å². The molecule has 0 aromatic heterocycles. The molecule has 0 aliphatic heterocycles. The fraction of sp³-hybridized carbons (Fsp3) is 0.714. The van der Waals surface area contributed by atoms with Crippen molar-refractivity contribution < 1.29 is 23.6 Å². The van der Waals surface area contributed by atoms with E-state index in [2.05, 4.69) is 69.0 Å². The molecule has 0 aliphatic carbocycles. The number of carbonyl (C=O) groups excluding carboxylic acids is 4. The highest BCUT2D eigenvalue weighted by Crippen LogP contribution is 2.39. The van der Waals surface area contributed by atoms with Gasteiger partial charge in [-0.2, -0.15) is 0 Å². The lowest BCUT2D eigenvalue weighted by Crippen LogP contribution is -2.54. The molecular formula is C35H62N4O5Si. The van der Waals surface area contributed by atoms with Crippen LogP contribution in [0.3, 0.4) is 0 Å². The second-order valence-corrected chi connectivity index (χ2v) is 19.7. The van der Waals surface area contributed by atoms with Crippen LogP contribution in [-0.2, 0) is 14.0 Å². The van der Waals surface area contributed by atoms with E-state index >= 15 is 0 Å². The Morgan fingerprint density at radius 3 is 1.89 bits per heavy atom. The summed E-state index contributed by atoms with van der Waals surface area (Å²) in [6.07, 6.45) is 1.38. The first-order chi connectivity index (χ1) is 20.7. The van der Waals surface area contributed by atoms with Gasteiger partial charge in [-0.05, 0) is 81.3 Å². The van der Waals surface area contributed by atoms with Gasteiger partial charge in [0.1, 0.15) is 6.04 Å². The molecule has 1 aromatic carbocycles. The molecule has 0 aliphatic rings. The first-order valence-corrected chi connectivity index (χ1v) is 19.6. The van der Waals surface area contributed by atoms with Crippen molar-refractivity contribution in [1.82, 2.24) is 21.3 Å². The Bertz CT molecular complexity index is 1130. The molecule has 10 heteroatoms. The maximum Gasteiger partial charge on any atom is 0.251 e. The van der Waals surface area contributed by atoms with Crippen LogP contribution in [0.5, 0.6) is 0 Å². The van der Waals surface area contributed by atoms with E-state index in [0.29, 0.717) is 30.5 Å². The molecule has 0 fully saturated rings. The van der Waals surface area contributed by atoms with Gasteiger partial charge in [-0.3, -0.25) is 19.2 Å². The number of benzene rings is 1. The molecule has 0 bridgehead atoms. The summed E-state index contributed by atoms with van der Waals surface area (Å²) in [4.78, 5) is 52.7. The van der Waals surface area contributed by atoms with E-state index in [4.69, 9.17) is 4.43 Å². The van der Waals surface area contributed by atoms with E-state index < -0.39 is 26.4 Å². The highest BCUT2D eigenvalue weighted by Gasteiger charge is 2.42. The van der Waals surface area contributed by atoms with Crippen LogP contribution in [0.25, 0.3) is 0 Å². The molecule has 1 aromatic rings. The van der Waals surface area contributed by atoms with Crippen LogP contribution in [0.2, 0.25) is 18.1 Å². The zero-order valence-electron chi connectivity index (χ0n) is 30.2. The van der Waals surface area contributed by atoms with E-state index in [1.807, 2.05) is 41.5 Å². The fourth-order valence-corrected chi connectivity index (χ4v) is 6.09. The third kappa shape index (κ3) is 13.3. The average molecular weight is 647 g/mol. The van der Waals surface area contributed by atoms with Gasteiger partial charge in [0.15, 0.2) is 8.32 Å². The SMILES string of the molecule is CCCNC(=O)c1cccc(C(=O)N[C@@H](CC(C)C)[C@H](C[C@@H](C)C(=O)N[C@H](C(=O)NC(C)C)C(C)C)O[Si](C)(C)C(C)(C)C)c1. The maximum atomic E-state index is 13.7. The van der Waals surface area contributed by atoms with E-state index in [-0.39, 0.29) is 52.6 Å². The van der Waals surface area contributed by atoms with Gasteiger partial charge in [-0.25, -0.2) is 0 Å². The molecule has 1 rings (SSSR count). The van der Waals surface area contributed by atoms with Crippen molar-refractivity contribution in [2.24, 2.45) is 17.8 Å². The van der Waals surface area contributed by atoms with E-state index in [1.54, 1.807) is 24.3 Å². The van der Waals surface area contributed by atoms with Crippen molar-refractivity contribution in [2.45, 2.75) is 138 Å². The van der Waals surface area contributed by atoms with E-state index in [9.17, 15) is 19.2 Å². The van der Waals surface area contributed by atoms with Crippen molar-refractivity contribution in [1.29, 1.82) is 0 Å². The summed E-state index contributed by atoms with van der Waals surface area (Å²) in [5.41, 5.74) is 0.817. The predicted molar refractivity (Wildman–Crippen MR) is 186 cm³/mol. The van der Waals surface area contributed by atoms with Gasteiger partial charge < -0.3 is 25.7 Å². The first kappa shape index (κ1) is 40.3. The number of rotatable bonds is 17. The Balaban J connectivity index is 3.39. The third-order valence-electron chi connectivity index (χ3n) is 8.38. The van der Waals surface area contributed by atoms with Crippen LogP contribution in [0.1, 0.15) is 116 Å². The van der Waals surface area contributed by atoms with Crippen molar-refractivity contribution in [3.05, 3.63) is 35.4 Å². The minimum Gasteiger partial charge on any atom is -0.412 e. The molecule has 0 saturated carbocycles. The largest absolute Gasteiger partial charge is 0.412 e.